The minimum Gasteiger partial charge on any atom is -0.478 e. The summed E-state index contributed by atoms with van der Waals surface area (Å²) in [5.41, 5.74) is 0.519. The summed E-state index contributed by atoms with van der Waals surface area (Å²) in [5, 5.41) is 6.68. The lowest BCUT2D eigenvalue weighted by Crippen LogP contribution is -2.12. The Balaban J connectivity index is 2.05. The standard InChI is InChI=1S/C14H17F2N3O2/c1-3-12-18-13(21-19-12)8-20-14-10(15)5-9(6-11(14)16)7-17-4-2/h5-6,17H,3-4,7-8H2,1-2H3. The topological polar surface area (TPSA) is 60.2 Å². The zero-order chi connectivity index (χ0) is 15.2. The highest BCUT2D eigenvalue weighted by Gasteiger charge is 2.14. The van der Waals surface area contributed by atoms with Gasteiger partial charge in [-0.25, -0.2) is 8.78 Å². The lowest BCUT2D eigenvalue weighted by Gasteiger charge is -2.09. The molecule has 1 aromatic heterocycles. The summed E-state index contributed by atoms with van der Waals surface area (Å²) in [6.45, 7) is 4.73. The van der Waals surface area contributed by atoms with Crippen molar-refractivity contribution in [1.82, 2.24) is 15.5 Å². The van der Waals surface area contributed by atoms with Crippen molar-refractivity contribution in [3.05, 3.63) is 41.0 Å². The third-order valence-corrected chi connectivity index (χ3v) is 2.80. The van der Waals surface area contributed by atoms with E-state index in [9.17, 15) is 8.78 Å². The highest BCUT2D eigenvalue weighted by Crippen LogP contribution is 2.24. The van der Waals surface area contributed by atoms with Crippen LogP contribution in [0.3, 0.4) is 0 Å². The van der Waals surface area contributed by atoms with Crippen molar-refractivity contribution in [3.63, 3.8) is 0 Å². The van der Waals surface area contributed by atoms with Crippen LogP contribution >= 0.6 is 0 Å². The lowest BCUT2D eigenvalue weighted by molar-refractivity contribution is 0.224. The molecule has 1 heterocycles. The largest absolute Gasteiger partial charge is 0.478 e. The summed E-state index contributed by atoms with van der Waals surface area (Å²) in [7, 11) is 0. The first-order valence-electron chi connectivity index (χ1n) is 6.76. The van der Waals surface area contributed by atoms with Crippen LogP contribution in [-0.4, -0.2) is 16.7 Å². The predicted molar refractivity (Wildman–Crippen MR) is 71.7 cm³/mol. The third kappa shape index (κ3) is 3.98. The second-order valence-electron chi connectivity index (χ2n) is 4.42. The van der Waals surface area contributed by atoms with Crippen molar-refractivity contribution in [2.45, 2.75) is 33.4 Å². The second-order valence-corrected chi connectivity index (χ2v) is 4.42. The number of benzene rings is 1. The van der Waals surface area contributed by atoms with E-state index in [1.54, 1.807) is 0 Å². The van der Waals surface area contributed by atoms with Gasteiger partial charge in [-0.2, -0.15) is 4.98 Å². The number of aryl methyl sites for hydroxylation is 1. The lowest BCUT2D eigenvalue weighted by atomic mass is 10.2. The van der Waals surface area contributed by atoms with Crippen molar-refractivity contribution in [2.75, 3.05) is 6.54 Å². The van der Waals surface area contributed by atoms with Crippen LogP contribution in [0, 0.1) is 11.6 Å². The molecule has 0 atom stereocenters. The predicted octanol–water partition coefficient (Wildman–Crippen LogP) is 2.60. The molecular weight excluding hydrogens is 280 g/mol. The zero-order valence-corrected chi connectivity index (χ0v) is 11.9. The SMILES string of the molecule is CCNCc1cc(F)c(OCc2nc(CC)no2)c(F)c1. The van der Waals surface area contributed by atoms with Crippen molar-refractivity contribution in [2.24, 2.45) is 0 Å². The molecule has 0 spiro atoms. The second kappa shape index (κ2) is 7.12. The molecule has 0 saturated carbocycles. The Kier molecular flexibility index (Phi) is 5.21. The smallest absolute Gasteiger partial charge is 0.264 e. The summed E-state index contributed by atoms with van der Waals surface area (Å²) in [6, 6.07) is 2.48. The van der Waals surface area contributed by atoms with Crippen molar-refractivity contribution < 1.29 is 18.0 Å². The number of hydrogen-bond donors (Lipinski definition) is 1. The van der Waals surface area contributed by atoms with Gasteiger partial charge < -0.3 is 14.6 Å². The molecule has 7 heteroatoms. The Morgan fingerprint density at radius 1 is 1.24 bits per heavy atom. The van der Waals surface area contributed by atoms with Gasteiger partial charge in [0.2, 0.25) is 0 Å². The monoisotopic (exact) mass is 297 g/mol. The van der Waals surface area contributed by atoms with Crippen LogP contribution in [0.5, 0.6) is 5.75 Å². The highest BCUT2D eigenvalue weighted by atomic mass is 19.1. The molecule has 5 nitrogen and oxygen atoms in total. The van der Waals surface area contributed by atoms with E-state index in [-0.39, 0.29) is 12.5 Å². The molecule has 0 saturated heterocycles. The molecule has 0 aliphatic rings. The van der Waals surface area contributed by atoms with E-state index in [1.807, 2.05) is 13.8 Å². The molecule has 2 rings (SSSR count). The van der Waals surface area contributed by atoms with Crippen LogP contribution in [-0.2, 0) is 19.6 Å². The van der Waals surface area contributed by atoms with E-state index in [1.165, 1.54) is 12.1 Å². The Morgan fingerprint density at radius 3 is 2.52 bits per heavy atom. The number of rotatable bonds is 7. The number of aromatic nitrogens is 2. The van der Waals surface area contributed by atoms with Crippen molar-refractivity contribution in [1.29, 1.82) is 0 Å². The number of nitrogens with one attached hydrogen (secondary N) is 1. The molecule has 114 valence electrons. The van der Waals surface area contributed by atoms with Gasteiger partial charge in [-0.1, -0.05) is 19.0 Å². The van der Waals surface area contributed by atoms with Gasteiger partial charge in [0.1, 0.15) is 0 Å². The van der Waals surface area contributed by atoms with Gasteiger partial charge in [0.25, 0.3) is 5.89 Å². The molecular formula is C14H17F2N3O2. The van der Waals surface area contributed by atoms with E-state index >= 15 is 0 Å². The van der Waals surface area contributed by atoms with Gasteiger partial charge in [-0.15, -0.1) is 0 Å². The quantitative estimate of drug-likeness (QED) is 0.851. The maximum atomic E-state index is 13.9. The van der Waals surface area contributed by atoms with Crippen LogP contribution in [0.15, 0.2) is 16.7 Å². The summed E-state index contributed by atoms with van der Waals surface area (Å²) in [5.74, 6) is -1.24. The van der Waals surface area contributed by atoms with Gasteiger partial charge in [-0.05, 0) is 24.2 Å². The molecule has 0 bridgehead atoms. The molecule has 1 aromatic carbocycles. The Hall–Kier alpha value is -2.02. The van der Waals surface area contributed by atoms with Crippen LogP contribution in [0.25, 0.3) is 0 Å². The summed E-state index contributed by atoms with van der Waals surface area (Å²) in [4.78, 5) is 4.00. The normalized spacial score (nSPS) is 10.9. The fourth-order valence-corrected chi connectivity index (χ4v) is 1.75. The number of hydrogen-bond acceptors (Lipinski definition) is 5. The molecule has 1 N–H and O–H groups in total. The molecule has 0 aliphatic carbocycles. The first-order valence-corrected chi connectivity index (χ1v) is 6.76. The molecule has 2 aromatic rings. The van der Waals surface area contributed by atoms with Crippen molar-refractivity contribution in [3.8, 4) is 5.75 Å². The van der Waals surface area contributed by atoms with Gasteiger partial charge in [0.05, 0.1) is 0 Å². The molecule has 0 fully saturated rings. The van der Waals surface area contributed by atoms with Gasteiger partial charge in [0.15, 0.2) is 29.8 Å². The molecule has 0 amide bonds. The zero-order valence-electron chi connectivity index (χ0n) is 11.9. The van der Waals surface area contributed by atoms with Gasteiger partial charge in [-0.3, -0.25) is 0 Å². The van der Waals surface area contributed by atoms with Crippen molar-refractivity contribution >= 4 is 0 Å². The number of ether oxygens (including phenoxy) is 1. The van der Waals surface area contributed by atoms with Crippen LogP contribution in [0.4, 0.5) is 8.78 Å². The maximum Gasteiger partial charge on any atom is 0.264 e. The summed E-state index contributed by atoms with van der Waals surface area (Å²) < 4.78 is 37.7. The summed E-state index contributed by atoms with van der Waals surface area (Å²) in [6.07, 6.45) is 0.616. The summed E-state index contributed by atoms with van der Waals surface area (Å²) >= 11 is 0. The van der Waals surface area contributed by atoms with Gasteiger partial charge >= 0.3 is 0 Å². The number of nitrogens with zero attached hydrogens (tertiary/aromatic N) is 2. The Bertz CT molecular complexity index is 579. The van der Waals surface area contributed by atoms with E-state index in [0.29, 0.717) is 24.4 Å². The van der Waals surface area contributed by atoms with E-state index in [2.05, 4.69) is 15.5 Å². The fraction of sp³-hybridized carbons (Fsp3) is 0.429. The van der Waals surface area contributed by atoms with Gasteiger partial charge in [0, 0.05) is 13.0 Å². The first kappa shape index (κ1) is 15.4. The number of halogens is 2. The third-order valence-electron chi connectivity index (χ3n) is 2.80. The first-order chi connectivity index (χ1) is 10.1. The Labute approximate surface area is 121 Å². The molecule has 0 radical (unpaired) electrons. The molecule has 0 unspecified atom stereocenters. The molecule has 0 aliphatic heterocycles. The van der Waals surface area contributed by atoms with E-state index in [0.717, 1.165) is 6.54 Å². The Morgan fingerprint density at radius 2 is 1.95 bits per heavy atom. The van der Waals surface area contributed by atoms with E-state index in [4.69, 9.17) is 9.26 Å². The van der Waals surface area contributed by atoms with Crippen LogP contribution < -0.4 is 10.1 Å². The average molecular weight is 297 g/mol. The fourth-order valence-electron chi connectivity index (χ4n) is 1.75. The van der Waals surface area contributed by atoms with Crippen LogP contribution in [0.1, 0.15) is 31.1 Å². The minimum absolute atomic E-state index is 0.173. The average Bonchev–Trinajstić information content (AvgIpc) is 2.92. The van der Waals surface area contributed by atoms with E-state index < -0.39 is 17.4 Å². The molecule has 21 heavy (non-hydrogen) atoms. The van der Waals surface area contributed by atoms with Crippen LogP contribution in [0.2, 0.25) is 0 Å². The maximum absolute atomic E-state index is 13.9. The highest BCUT2D eigenvalue weighted by molar-refractivity contribution is 5.31. The minimum atomic E-state index is -0.752.